The first-order valence-electron chi connectivity index (χ1n) is 5.20. The van der Waals surface area contributed by atoms with E-state index in [4.69, 9.17) is 4.74 Å². The Bertz CT molecular complexity index is 293. The summed E-state index contributed by atoms with van der Waals surface area (Å²) in [7, 11) is 1.82. The molecule has 2 N–H and O–H groups in total. The van der Waals surface area contributed by atoms with Gasteiger partial charge in [-0.1, -0.05) is 12.1 Å². The van der Waals surface area contributed by atoms with Gasteiger partial charge in [-0.2, -0.15) is 0 Å². The minimum absolute atomic E-state index is 0.529. The van der Waals surface area contributed by atoms with Crippen molar-refractivity contribution in [1.29, 1.82) is 0 Å². The minimum Gasteiger partial charge on any atom is -0.494 e. The zero-order valence-electron chi connectivity index (χ0n) is 9.58. The van der Waals surface area contributed by atoms with E-state index >= 15 is 0 Å². The molecule has 0 amide bonds. The Morgan fingerprint density at radius 2 is 1.93 bits per heavy atom. The third kappa shape index (κ3) is 3.22. The maximum absolute atomic E-state index is 10.1. The quantitative estimate of drug-likeness (QED) is 0.772. The van der Waals surface area contributed by atoms with Crippen LogP contribution in [-0.4, -0.2) is 25.3 Å². The van der Waals surface area contributed by atoms with Gasteiger partial charge < -0.3 is 15.2 Å². The van der Waals surface area contributed by atoms with Crippen molar-refractivity contribution < 1.29 is 9.84 Å². The fourth-order valence-corrected chi connectivity index (χ4v) is 1.52. The summed E-state index contributed by atoms with van der Waals surface area (Å²) < 4.78 is 5.34. The van der Waals surface area contributed by atoms with Crippen LogP contribution in [0, 0.1) is 0 Å². The first-order valence-corrected chi connectivity index (χ1v) is 5.20. The summed E-state index contributed by atoms with van der Waals surface area (Å²) in [5.41, 5.74) is 0.0553. The maximum atomic E-state index is 10.1. The number of likely N-dealkylation sites (N-methyl/N-ethyl adjacent to an activating group) is 1. The zero-order valence-corrected chi connectivity index (χ0v) is 9.58. The summed E-state index contributed by atoms with van der Waals surface area (Å²) in [5.74, 6) is 0.835. The van der Waals surface area contributed by atoms with Crippen LogP contribution in [0.4, 0.5) is 0 Å². The lowest BCUT2D eigenvalue weighted by atomic mass is 9.96. The molecular formula is C12H19NO2. The molecule has 0 bridgehead atoms. The highest BCUT2D eigenvalue weighted by atomic mass is 16.5. The van der Waals surface area contributed by atoms with Crippen molar-refractivity contribution in [1.82, 2.24) is 5.32 Å². The molecule has 15 heavy (non-hydrogen) atoms. The zero-order chi connectivity index (χ0) is 11.3. The lowest BCUT2D eigenvalue weighted by molar-refractivity contribution is 0.0591. The molecule has 1 unspecified atom stereocenters. The number of aliphatic hydroxyl groups is 1. The molecule has 0 saturated carbocycles. The Morgan fingerprint density at radius 1 is 1.33 bits per heavy atom. The van der Waals surface area contributed by atoms with Gasteiger partial charge in [-0.15, -0.1) is 0 Å². The number of rotatable bonds is 5. The van der Waals surface area contributed by atoms with E-state index in [2.05, 4.69) is 5.32 Å². The summed E-state index contributed by atoms with van der Waals surface area (Å²) in [4.78, 5) is 0. The molecule has 0 aromatic heterocycles. The number of nitrogens with one attached hydrogen (secondary N) is 1. The molecule has 0 aliphatic rings. The SMILES string of the molecule is CCOc1ccc(C(C)(O)CNC)cc1. The van der Waals surface area contributed by atoms with E-state index in [0.29, 0.717) is 13.2 Å². The van der Waals surface area contributed by atoms with Gasteiger partial charge >= 0.3 is 0 Å². The van der Waals surface area contributed by atoms with Crippen LogP contribution in [0.3, 0.4) is 0 Å². The van der Waals surface area contributed by atoms with Crippen LogP contribution < -0.4 is 10.1 Å². The topological polar surface area (TPSA) is 41.5 Å². The summed E-state index contributed by atoms with van der Waals surface area (Å²) in [5, 5.41) is 13.1. The molecule has 0 saturated heterocycles. The molecule has 0 heterocycles. The lowest BCUT2D eigenvalue weighted by Crippen LogP contribution is -2.33. The molecule has 0 aliphatic heterocycles. The van der Waals surface area contributed by atoms with E-state index in [1.165, 1.54) is 0 Å². The van der Waals surface area contributed by atoms with Crippen molar-refractivity contribution in [2.75, 3.05) is 20.2 Å². The van der Waals surface area contributed by atoms with E-state index in [1.807, 2.05) is 38.2 Å². The molecule has 3 nitrogen and oxygen atoms in total. The van der Waals surface area contributed by atoms with Crippen LogP contribution in [0.15, 0.2) is 24.3 Å². The highest BCUT2D eigenvalue weighted by Gasteiger charge is 2.21. The molecule has 0 spiro atoms. The van der Waals surface area contributed by atoms with Gasteiger partial charge in [0.15, 0.2) is 0 Å². The van der Waals surface area contributed by atoms with Gasteiger partial charge in [0.25, 0.3) is 0 Å². The van der Waals surface area contributed by atoms with Crippen LogP contribution >= 0.6 is 0 Å². The van der Waals surface area contributed by atoms with Crippen molar-refractivity contribution in [2.24, 2.45) is 0 Å². The molecule has 1 atom stereocenters. The van der Waals surface area contributed by atoms with Crippen LogP contribution in [0.2, 0.25) is 0 Å². The maximum Gasteiger partial charge on any atom is 0.119 e. The third-order valence-electron chi connectivity index (χ3n) is 2.31. The fraction of sp³-hybridized carbons (Fsp3) is 0.500. The van der Waals surface area contributed by atoms with Crippen molar-refractivity contribution in [2.45, 2.75) is 19.4 Å². The third-order valence-corrected chi connectivity index (χ3v) is 2.31. The average molecular weight is 209 g/mol. The van der Waals surface area contributed by atoms with Crippen molar-refractivity contribution >= 4 is 0 Å². The molecule has 3 heteroatoms. The predicted molar refractivity (Wildman–Crippen MR) is 61.1 cm³/mol. The number of hydrogen-bond donors (Lipinski definition) is 2. The molecule has 1 aromatic carbocycles. The van der Waals surface area contributed by atoms with Gasteiger partial charge in [0.1, 0.15) is 5.75 Å². The second-order valence-corrected chi connectivity index (χ2v) is 3.76. The normalized spacial score (nSPS) is 14.7. The van der Waals surface area contributed by atoms with Crippen molar-refractivity contribution in [3.63, 3.8) is 0 Å². The van der Waals surface area contributed by atoms with Gasteiger partial charge in [0, 0.05) is 6.54 Å². The van der Waals surface area contributed by atoms with E-state index in [1.54, 1.807) is 6.92 Å². The van der Waals surface area contributed by atoms with Gasteiger partial charge in [-0.3, -0.25) is 0 Å². The minimum atomic E-state index is -0.834. The van der Waals surface area contributed by atoms with Gasteiger partial charge in [0.05, 0.1) is 12.2 Å². The van der Waals surface area contributed by atoms with E-state index in [9.17, 15) is 5.11 Å². The first-order chi connectivity index (χ1) is 7.10. The fourth-order valence-electron chi connectivity index (χ4n) is 1.52. The van der Waals surface area contributed by atoms with Gasteiger partial charge in [-0.05, 0) is 38.6 Å². The Labute approximate surface area is 91.1 Å². The second kappa shape index (κ2) is 5.14. The number of benzene rings is 1. The van der Waals surface area contributed by atoms with E-state index < -0.39 is 5.60 Å². The van der Waals surface area contributed by atoms with E-state index in [-0.39, 0.29) is 0 Å². The molecule has 0 radical (unpaired) electrons. The number of ether oxygens (including phenoxy) is 1. The predicted octanol–water partition coefficient (Wildman–Crippen LogP) is 1.51. The van der Waals surface area contributed by atoms with Crippen LogP contribution in [0.1, 0.15) is 19.4 Å². The first kappa shape index (κ1) is 12.0. The Kier molecular flexibility index (Phi) is 4.12. The van der Waals surface area contributed by atoms with Crippen LogP contribution in [0.5, 0.6) is 5.75 Å². The van der Waals surface area contributed by atoms with Crippen LogP contribution in [0.25, 0.3) is 0 Å². The average Bonchev–Trinajstić information content (AvgIpc) is 2.19. The summed E-state index contributed by atoms with van der Waals surface area (Å²) in [6.07, 6.45) is 0. The Balaban J connectivity index is 2.78. The van der Waals surface area contributed by atoms with E-state index in [0.717, 1.165) is 11.3 Å². The molecule has 84 valence electrons. The smallest absolute Gasteiger partial charge is 0.119 e. The molecule has 0 aliphatic carbocycles. The monoisotopic (exact) mass is 209 g/mol. The van der Waals surface area contributed by atoms with Crippen molar-refractivity contribution in [3.05, 3.63) is 29.8 Å². The van der Waals surface area contributed by atoms with Crippen molar-refractivity contribution in [3.8, 4) is 5.75 Å². The van der Waals surface area contributed by atoms with Gasteiger partial charge in [-0.25, -0.2) is 0 Å². The highest BCUT2D eigenvalue weighted by Crippen LogP contribution is 2.22. The highest BCUT2D eigenvalue weighted by molar-refractivity contribution is 5.30. The summed E-state index contributed by atoms with van der Waals surface area (Å²) in [6.45, 7) is 4.93. The summed E-state index contributed by atoms with van der Waals surface area (Å²) in [6, 6.07) is 7.54. The molecule has 0 fully saturated rings. The molecule has 1 aromatic rings. The van der Waals surface area contributed by atoms with Gasteiger partial charge in [0.2, 0.25) is 0 Å². The molecule has 1 rings (SSSR count). The second-order valence-electron chi connectivity index (χ2n) is 3.76. The largest absolute Gasteiger partial charge is 0.494 e. The Morgan fingerprint density at radius 3 is 2.40 bits per heavy atom. The lowest BCUT2D eigenvalue weighted by Gasteiger charge is -2.23. The summed E-state index contributed by atoms with van der Waals surface area (Å²) >= 11 is 0. The number of hydrogen-bond acceptors (Lipinski definition) is 3. The van der Waals surface area contributed by atoms with Crippen LogP contribution in [-0.2, 0) is 5.60 Å². The standard InChI is InChI=1S/C12H19NO2/c1-4-15-11-7-5-10(6-8-11)12(2,14)9-13-3/h5-8,13-14H,4,9H2,1-3H3. The Hall–Kier alpha value is -1.06. The molecular weight excluding hydrogens is 190 g/mol.